The van der Waals surface area contributed by atoms with Crippen LogP contribution < -0.4 is 5.32 Å². The van der Waals surface area contributed by atoms with Gasteiger partial charge < -0.3 is 15.1 Å². The molecule has 0 saturated carbocycles. The van der Waals surface area contributed by atoms with E-state index in [1.165, 1.54) is 0 Å². The maximum Gasteiger partial charge on any atom is 0.321 e. The maximum absolute atomic E-state index is 12.6. The van der Waals surface area contributed by atoms with Crippen LogP contribution in [0.4, 0.5) is 10.5 Å². The van der Waals surface area contributed by atoms with E-state index in [0.29, 0.717) is 42.5 Å². The summed E-state index contributed by atoms with van der Waals surface area (Å²) in [6.07, 6.45) is 3.92. The van der Waals surface area contributed by atoms with Gasteiger partial charge in [0.15, 0.2) is 0 Å². The van der Waals surface area contributed by atoms with Crippen molar-refractivity contribution in [2.45, 2.75) is 6.42 Å². The zero-order valence-corrected chi connectivity index (χ0v) is 16.3. The first-order valence-corrected chi connectivity index (χ1v) is 9.41. The van der Waals surface area contributed by atoms with E-state index in [1.807, 2.05) is 0 Å². The smallest absolute Gasteiger partial charge is 0.321 e. The van der Waals surface area contributed by atoms with Crippen LogP contribution in [0.1, 0.15) is 16.8 Å². The molecule has 0 aliphatic carbocycles. The fourth-order valence-electron chi connectivity index (χ4n) is 2.80. The van der Waals surface area contributed by atoms with E-state index in [9.17, 15) is 9.59 Å². The van der Waals surface area contributed by atoms with Crippen molar-refractivity contribution in [3.05, 3.63) is 57.8 Å². The molecule has 2 heterocycles. The van der Waals surface area contributed by atoms with Gasteiger partial charge in [0, 0.05) is 53.8 Å². The summed E-state index contributed by atoms with van der Waals surface area (Å²) >= 11 is 9.28. The van der Waals surface area contributed by atoms with Crippen molar-refractivity contribution in [3.8, 4) is 0 Å². The standard InChI is InChI=1S/C18H18BrClN4O2/c19-14-9-13(11-21-12-14)17(25)23-5-2-6-24(8-7-23)18(26)22-16-4-1-3-15(20)10-16/h1,3-4,9-12H,2,5-8H2,(H,22,26). The molecule has 0 atom stereocenters. The zero-order chi connectivity index (χ0) is 18.5. The molecule has 1 aromatic carbocycles. The molecule has 26 heavy (non-hydrogen) atoms. The van der Waals surface area contributed by atoms with Crippen LogP contribution in [0.3, 0.4) is 0 Å². The van der Waals surface area contributed by atoms with Crippen LogP contribution in [0, 0.1) is 0 Å². The predicted octanol–water partition coefficient (Wildman–Crippen LogP) is 3.88. The van der Waals surface area contributed by atoms with Crippen LogP contribution in [0.25, 0.3) is 0 Å². The third-order valence-electron chi connectivity index (χ3n) is 4.10. The largest absolute Gasteiger partial charge is 0.337 e. The highest BCUT2D eigenvalue weighted by Crippen LogP contribution is 2.17. The lowest BCUT2D eigenvalue weighted by Gasteiger charge is -2.22. The number of pyridine rings is 1. The van der Waals surface area contributed by atoms with E-state index >= 15 is 0 Å². The normalized spacial score (nSPS) is 14.7. The van der Waals surface area contributed by atoms with E-state index in [1.54, 1.807) is 52.5 Å². The van der Waals surface area contributed by atoms with Crippen LogP contribution in [0.5, 0.6) is 0 Å². The molecule has 0 spiro atoms. The summed E-state index contributed by atoms with van der Waals surface area (Å²) in [5.41, 5.74) is 1.19. The lowest BCUT2D eigenvalue weighted by Crippen LogP contribution is -2.39. The van der Waals surface area contributed by atoms with Crippen molar-refractivity contribution in [2.24, 2.45) is 0 Å². The SMILES string of the molecule is O=C(Nc1cccc(Cl)c1)N1CCCN(C(=O)c2cncc(Br)c2)CC1. The van der Waals surface area contributed by atoms with Gasteiger partial charge in [-0.3, -0.25) is 9.78 Å². The summed E-state index contributed by atoms with van der Waals surface area (Å²) in [5, 5.41) is 3.41. The van der Waals surface area contributed by atoms with Crippen molar-refractivity contribution in [1.82, 2.24) is 14.8 Å². The Labute approximate surface area is 165 Å². The average Bonchev–Trinajstić information content (AvgIpc) is 2.87. The van der Waals surface area contributed by atoms with Crippen molar-refractivity contribution in [1.29, 1.82) is 0 Å². The minimum atomic E-state index is -0.189. The number of hydrogen-bond donors (Lipinski definition) is 1. The fraction of sp³-hybridized carbons (Fsp3) is 0.278. The second-order valence-electron chi connectivity index (χ2n) is 5.97. The Morgan fingerprint density at radius 3 is 2.62 bits per heavy atom. The van der Waals surface area contributed by atoms with Crippen LogP contribution in [0.2, 0.25) is 5.02 Å². The summed E-state index contributed by atoms with van der Waals surface area (Å²) in [4.78, 5) is 32.6. The maximum atomic E-state index is 12.6. The molecule has 0 bridgehead atoms. The van der Waals surface area contributed by atoms with Crippen LogP contribution in [-0.4, -0.2) is 52.9 Å². The monoisotopic (exact) mass is 436 g/mol. The Hall–Kier alpha value is -2.12. The highest BCUT2D eigenvalue weighted by atomic mass is 79.9. The number of amides is 3. The molecular formula is C18H18BrClN4O2. The topological polar surface area (TPSA) is 65.5 Å². The Bertz CT molecular complexity index is 817. The van der Waals surface area contributed by atoms with Gasteiger partial charge in [-0.05, 0) is 46.6 Å². The lowest BCUT2D eigenvalue weighted by atomic mass is 10.2. The number of nitrogens with one attached hydrogen (secondary N) is 1. The van der Waals surface area contributed by atoms with Gasteiger partial charge in [-0.25, -0.2) is 4.79 Å². The zero-order valence-electron chi connectivity index (χ0n) is 14.0. The summed E-state index contributed by atoms with van der Waals surface area (Å²) < 4.78 is 0.765. The molecule has 1 aromatic heterocycles. The number of carbonyl (C=O) groups is 2. The first-order chi connectivity index (χ1) is 12.5. The molecule has 3 rings (SSSR count). The van der Waals surface area contributed by atoms with Gasteiger partial charge in [0.05, 0.1) is 5.56 Å². The van der Waals surface area contributed by atoms with E-state index < -0.39 is 0 Å². The van der Waals surface area contributed by atoms with Gasteiger partial charge in [-0.1, -0.05) is 17.7 Å². The van der Waals surface area contributed by atoms with Gasteiger partial charge in [0.1, 0.15) is 0 Å². The summed E-state index contributed by atoms with van der Waals surface area (Å²) in [5.74, 6) is -0.0732. The highest BCUT2D eigenvalue weighted by Gasteiger charge is 2.23. The first-order valence-electron chi connectivity index (χ1n) is 8.24. The second-order valence-corrected chi connectivity index (χ2v) is 7.32. The molecule has 6 nitrogen and oxygen atoms in total. The quantitative estimate of drug-likeness (QED) is 0.775. The molecule has 1 aliphatic rings. The molecule has 0 unspecified atom stereocenters. The fourth-order valence-corrected chi connectivity index (χ4v) is 3.36. The Morgan fingerprint density at radius 1 is 1.08 bits per heavy atom. The summed E-state index contributed by atoms with van der Waals surface area (Å²) in [6.45, 7) is 2.15. The van der Waals surface area contributed by atoms with Crippen molar-refractivity contribution in [3.63, 3.8) is 0 Å². The van der Waals surface area contributed by atoms with E-state index in [0.717, 1.165) is 10.9 Å². The summed E-state index contributed by atoms with van der Waals surface area (Å²) in [7, 11) is 0. The van der Waals surface area contributed by atoms with Crippen molar-refractivity contribution >= 4 is 45.2 Å². The van der Waals surface area contributed by atoms with Gasteiger partial charge in [-0.15, -0.1) is 0 Å². The van der Waals surface area contributed by atoms with Gasteiger partial charge in [0.25, 0.3) is 5.91 Å². The van der Waals surface area contributed by atoms with Crippen LogP contribution >= 0.6 is 27.5 Å². The molecule has 1 aliphatic heterocycles. The number of hydrogen-bond acceptors (Lipinski definition) is 3. The number of benzene rings is 1. The third kappa shape index (κ3) is 4.74. The number of carbonyl (C=O) groups excluding carboxylic acids is 2. The van der Waals surface area contributed by atoms with Crippen LogP contribution in [0.15, 0.2) is 47.2 Å². The molecule has 1 fully saturated rings. The minimum Gasteiger partial charge on any atom is -0.337 e. The molecule has 0 radical (unpaired) electrons. The molecule has 1 saturated heterocycles. The van der Waals surface area contributed by atoms with Gasteiger partial charge in [-0.2, -0.15) is 0 Å². The molecule has 136 valence electrons. The second kappa shape index (κ2) is 8.51. The highest BCUT2D eigenvalue weighted by molar-refractivity contribution is 9.10. The summed E-state index contributed by atoms with van der Waals surface area (Å²) in [6, 6.07) is 8.59. The molecule has 2 aromatic rings. The Morgan fingerprint density at radius 2 is 1.85 bits per heavy atom. The van der Waals surface area contributed by atoms with E-state index in [-0.39, 0.29) is 11.9 Å². The average molecular weight is 438 g/mol. The minimum absolute atomic E-state index is 0.0732. The van der Waals surface area contributed by atoms with Crippen molar-refractivity contribution in [2.75, 3.05) is 31.5 Å². The number of halogens is 2. The number of anilines is 1. The number of aromatic nitrogens is 1. The Balaban J connectivity index is 1.61. The Kier molecular flexibility index (Phi) is 6.11. The number of nitrogens with zero attached hydrogens (tertiary/aromatic N) is 3. The molecule has 8 heteroatoms. The van der Waals surface area contributed by atoms with Crippen molar-refractivity contribution < 1.29 is 9.59 Å². The van der Waals surface area contributed by atoms with Gasteiger partial charge >= 0.3 is 6.03 Å². The van der Waals surface area contributed by atoms with E-state index in [2.05, 4.69) is 26.2 Å². The number of rotatable bonds is 2. The van der Waals surface area contributed by atoms with Crippen LogP contribution in [-0.2, 0) is 0 Å². The number of urea groups is 1. The third-order valence-corrected chi connectivity index (χ3v) is 4.77. The molecular weight excluding hydrogens is 420 g/mol. The van der Waals surface area contributed by atoms with E-state index in [4.69, 9.17) is 11.6 Å². The molecule has 3 amide bonds. The van der Waals surface area contributed by atoms with Gasteiger partial charge in [0.2, 0.25) is 0 Å². The molecule has 1 N–H and O–H groups in total. The first kappa shape index (κ1) is 18.7. The predicted molar refractivity (Wildman–Crippen MR) is 105 cm³/mol. The lowest BCUT2D eigenvalue weighted by molar-refractivity contribution is 0.0762.